The number of nitrogen functional groups attached to an aromatic ring is 1. The van der Waals surface area contributed by atoms with E-state index in [1.807, 2.05) is 44.2 Å². The molecule has 0 atom stereocenters. The number of hydrogen-bond donors (Lipinski definition) is 2. The van der Waals surface area contributed by atoms with Gasteiger partial charge in [-0.3, -0.25) is 10.1 Å². The second-order valence-corrected chi connectivity index (χ2v) is 9.02. The number of anilines is 2. The summed E-state index contributed by atoms with van der Waals surface area (Å²) >= 11 is 6.37. The first-order chi connectivity index (χ1) is 12.4. The Morgan fingerprint density at radius 3 is 2.30 bits per heavy atom. The number of nitro groups is 1. The Balaban J connectivity index is 2.46. The second kappa shape index (κ2) is 7.72. The van der Waals surface area contributed by atoms with Crippen LogP contribution < -0.4 is 11.1 Å². The van der Waals surface area contributed by atoms with Crippen molar-refractivity contribution in [2.75, 3.05) is 11.1 Å². The molecule has 0 fully saturated rings. The number of aromatic nitrogens is 1. The Bertz CT molecular complexity index is 830. The van der Waals surface area contributed by atoms with Gasteiger partial charge in [-0.1, -0.05) is 62.7 Å². The van der Waals surface area contributed by atoms with Crippen LogP contribution >= 0.6 is 11.6 Å². The number of nitrogens with two attached hydrogens (primary N) is 1. The molecule has 2 aromatic rings. The van der Waals surface area contributed by atoms with E-state index in [1.54, 1.807) is 0 Å². The molecule has 7 heteroatoms. The fraction of sp³-hybridized carbons (Fsp3) is 0.450. The third-order valence-electron chi connectivity index (χ3n) is 4.10. The molecule has 3 N–H and O–H groups in total. The van der Waals surface area contributed by atoms with Crippen LogP contribution in [0.25, 0.3) is 0 Å². The van der Waals surface area contributed by atoms with Crippen molar-refractivity contribution in [2.24, 2.45) is 5.41 Å². The Labute approximate surface area is 165 Å². The molecule has 2 rings (SSSR count). The first-order valence-electron chi connectivity index (χ1n) is 8.84. The topological polar surface area (TPSA) is 94.1 Å². The molecular weight excluding hydrogens is 364 g/mol. The number of pyridine rings is 1. The molecule has 0 radical (unpaired) electrons. The third kappa shape index (κ3) is 5.57. The highest BCUT2D eigenvalue weighted by molar-refractivity contribution is 6.31. The number of halogens is 1. The summed E-state index contributed by atoms with van der Waals surface area (Å²) in [5, 5.41) is 15.1. The van der Waals surface area contributed by atoms with E-state index in [1.165, 1.54) is 0 Å². The van der Waals surface area contributed by atoms with Crippen molar-refractivity contribution in [3.63, 3.8) is 0 Å². The molecule has 0 unspecified atom stereocenters. The summed E-state index contributed by atoms with van der Waals surface area (Å²) in [6, 6.07) is 9.53. The summed E-state index contributed by atoms with van der Waals surface area (Å²) in [6.07, 6.45) is 1.16. The van der Waals surface area contributed by atoms with Gasteiger partial charge >= 0.3 is 5.69 Å². The van der Waals surface area contributed by atoms with Gasteiger partial charge in [-0.15, -0.1) is 0 Å². The SMILES string of the molecule is CC(C)(C)CC(C)(C)Nc1nc(Cl)c(Cc2ccccc2)c(N)c1[N+](=O)[O-]. The maximum atomic E-state index is 11.7. The number of nitrogens with zero attached hydrogens (tertiary/aromatic N) is 2. The summed E-state index contributed by atoms with van der Waals surface area (Å²) in [6.45, 7) is 10.3. The molecule has 146 valence electrons. The van der Waals surface area contributed by atoms with E-state index < -0.39 is 10.5 Å². The van der Waals surface area contributed by atoms with Crippen LogP contribution in [0.3, 0.4) is 0 Å². The average Bonchev–Trinajstić information content (AvgIpc) is 2.49. The van der Waals surface area contributed by atoms with Gasteiger partial charge in [-0.25, -0.2) is 4.98 Å². The van der Waals surface area contributed by atoms with Crippen LogP contribution in [0.2, 0.25) is 5.15 Å². The van der Waals surface area contributed by atoms with Crippen LogP contribution in [-0.4, -0.2) is 15.4 Å². The highest BCUT2D eigenvalue weighted by atomic mass is 35.5. The smallest absolute Gasteiger partial charge is 0.334 e. The lowest BCUT2D eigenvalue weighted by molar-refractivity contribution is -0.383. The van der Waals surface area contributed by atoms with Crippen molar-refractivity contribution in [3.05, 3.63) is 56.7 Å². The molecule has 0 bridgehead atoms. The van der Waals surface area contributed by atoms with Gasteiger partial charge in [0.1, 0.15) is 10.8 Å². The summed E-state index contributed by atoms with van der Waals surface area (Å²) < 4.78 is 0. The van der Waals surface area contributed by atoms with Crippen molar-refractivity contribution in [3.8, 4) is 0 Å². The lowest BCUT2D eigenvalue weighted by atomic mass is 9.82. The Hall–Kier alpha value is -2.34. The van der Waals surface area contributed by atoms with Crippen molar-refractivity contribution < 1.29 is 4.92 Å². The first-order valence-corrected chi connectivity index (χ1v) is 9.22. The first kappa shape index (κ1) is 21.0. The largest absolute Gasteiger partial charge is 0.393 e. The van der Waals surface area contributed by atoms with E-state index in [4.69, 9.17) is 17.3 Å². The fourth-order valence-electron chi connectivity index (χ4n) is 3.53. The standard InChI is InChI=1S/C20H27ClN4O2/c1-19(2,3)12-20(4,5)24-18-16(25(26)27)15(22)14(17(21)23-18)11-13-9-7-6-8-10-13/h6-10H,11-12H2,1-5H3,(H3,22,23,24). The second-order valence-electron chi connectivity index (χ2n) is 8.66. The highest BCUT2D eigenvalue weighted by Gasteiger charge is 2.32. The zero-order chi connectivity index (χ0) is 20.4. The Morgan fingerprint density at radius 1 is 1.19 bits per heavy atom. The molecule has 0 aliphatic rings. The van der Waals surface area contributed by atoms with Gasteiger partial charge in [0.05, 0.1) is 4.92 Å². The van der Waals surface area contributed by atoms with Gasteiger partial charge in [-0.2, -0.15) is 0 Å². The minimum atomic E-state index is -0.497. The van der Waals surface area contributed by atoms with Gasteiger partial charge in [0.15, 0.2) is 0 Å². The Kier molecular flexibility index (Phi) is 6.00. The number of hydrogen-bond acceptors (Lipinski definition) is 5. The maximum absolute atomic E-state index is 11.7. The predicted molar refractivity (Wildman–Crippen MR) is 111 cm³/mol. The van der Waals surface area contributed by atoms with Crippen molar-refractivity contribution in [1.29, 1.82) is 0 Å². The molecule has 0 aliphatic heterocycles. The zero-order valence-electron chi connectivity index (χ0n) is 16.5. The normalized spacial score (nSPS) is 12.1. The quantitative estimate of drug-likeness (QED) is 0.389. The van der Waals surface area contributed by atoms with Gasteiger partial charge in [-0.05, 0) is 31.2 Å². The Morgan fingerprint density at radius 2 is 1.78 bits per heavy atom. The lowest BCUT2D eigenvalue weighted by Gasteiger charge is -2.33. The van der Waals surface area contributed by atoms with Crippen LogP contribution in [0.5, 0.6) is 0 Å². The molecule has 1 aromatic carbocycles. The molecule has 0 spiro atoms. The molecule has 27 heavy (non-hydrogen) atoms. The van der Waals surface area contributed by atoms with Crippen LogP contribution in [0.15, 0.2) is 30.3 Å². The van der Waals surface area contributed by atoms with E-state index in [0.29, 0.717) is 12.0 Å². The fourth-order valence-corrected chi connectivity index (χ4v) is 3.78. The van der Waals surface area contributed by atoms with E-state index in [2.05, 4.69) is 31.1 Å². The van der Waals surface area contributed by atoms with E-state index in [-0.39, 0.29) is 27.8 Å². The molecule has 0 saturated carbocycles. The molecule has 6 nitrogen and oxygen atoms in total. The number of rotatable bonds is 6. The summed E-state index contributed by atoms with van der Waals surface area (Å²) in [4.78, 5) is 15.5. The van der Waals surface area contributed by atoms with Gasteiger partial charge in [0.25, 0.3) is 0 Å². The average molecular weight is 391 g/mol. The number of nitrogens with one attached hydrogen (secondary N) is 1. The van der Waals surface area contributed by atoms with Gasteiger partial charge < -0.3 is 11.1 Å². The lowest BCUT2D eigenvalue weighted by Crippen LogP contribution is -2.36. The van der Waals surface area contributed by atoms with Crippen LogP contribution in [-0.2, 0) is 6.42 Å². The minimum absolute atomic E-state index is 0.0356. The molecule has 0 saturated heterocycles. The van der Waals surface area contributed by atoms with Crippen molar-refractivity contribution >= 4 is 28.8 Å². The summed E-state index contributed by atoms with van der Waals surface area (Å²) in [7, 11) is 0. The monoisotopic (exact) mass is 390 g/mol. The van der Waals surface area contributed by atoms with E-state index in [0.717, 1.165) is 12.0 Å². The van der Waals surface area contributed by atoms with Crippen LogP contribution in [0.1, 0.15) is 52.2 Å². The maximum Gasteiger partial charge on any atom is 0.334 e. The van der Waals surface area contributed by atoms with Crippen LogP contribution in [0, 0.1) is 15.5 Å². The summed E-state index contributed by atoms with van der Waals surface area (Å²) in [5.74, 6) is 0.105. The van der Waals surface area contributed by atoms with Gasteiger partial charge in [0.2, 0.25) is 5.82 Å². The number of benzene rings is 1. The molecular formula is C20H27ClN4O2. The third-order valence-corrected chi connectivity index (χ3v) is 4.41. The molecule has 0 amide bonds. The predicted octanol–water partition coefficient (Wildman–Crippen LogP) is 5.44. The van der Waals surface area contributed by atoms with Crippen molar-refractivity contribution in [1.82, 2.24) is 4.98 Å². The molecule has 1 heterocycles. The van der Waals surface area contributed by atoms with Crippen molar-refractivity contribution in [2.45, 2.75) is 53.0 Å². The van der Waals surface area contributed by atoms with E-state index >= 15 is 0 Å². The summed E-state index contributed by atoms with van der Waals surface area (Å²) in [5.41, 5.74) is 7.03. The highest BCUT2D eigenvalue weighted by Crippen LogP contribution is 2.39. The van der Waals surface area contributed by atoms with Crippen LogP contribution in [0.4, 0.5) is 17.2 Å². The molecule has 0 aliphatic carbocycles. The zero-order valence-corrected chi connectivity index (χ0v) is 17.2. The van der Waals surface area contributed by atoms with E-state index in [9.17, 15) is 10.1 Å². The minimum Gasteiger partial charge on any atom is -0.393 e. The van der Waals surface area contributed by atoms with Gasteiger partial charge in [0, 0.05) is 17.5 Å². The molecule has 1 aromatic heterocycles.